The number of hydrogen-bond donors (Lipinski definition) is 2. The van der Waals surface area contributed by atoms with E-state index in [9.17, 15) is 9.90 Å². The average Bonchev–Trinajstić information content (AvgIpc) is 3.25. The maximum absolute atomic E-state index is 12.6. The van der Waals surface area contributed by atoms with Crippen LogP contribution in [0.25, 0.3) is 0 Å². The highest BCUT2D eigenvalue weighted by molar-refractivity contribution is 5.72. The van der Waals surface area contributed by atoms with E-state index in [4.69, 9.17) is 14.2 Å². The highest BCUT2D eigenvalue weighted by Crippen LogP contribution is 2.66. The number of rotatable bonds is 8. The number of ether oxygens (including phenoxy) is 3. The first-order valence-electron chi connectivity index (χ1n) is 14.5. The second kappa shape index (κ2) is 9.79. The fourth-order valence-corrected chi connectivity index (χ4v) is 7.99. The number of likely N-dealkylation sites (tertiary alicyclic amines) is 1. The van der Waals surface area contributed by atoms with Crippen molar-refractivity contribution in [2.75, 3.05) is 26.7 Å². The van der Waals surface area contributed by atoms with Crippen LogP contribution in [0, 0.1) is 0 Å². The van der Waals surface area contributed by atoms with Gasteiger partial charge in [-0.15, -0.1) is 0 Å². The van der Waals surface area contributed by atoms with Crippen LogP contribution in [0.2, 0.25) is 0 Å². The molecule has 2 N–H and O–H groups in total. The van der Waals surface area contributed by atoms with Gasteiger partial charge in [0.15, 0.2) is 11.5 Å². The molecule has 2 aliphatic carbocycles. The maximum atomic E-state index is 12.6. The zero-order valence-corrected chi connectivity index (χ0v) is 23.7. The Morgan fingerprint density at radius 1 is 1.18 bits per heavy atom. The molecular formula is C32H42N2O5. The summed E-state index contributed by atoms with van der Waals surface area (Å²) < 4.78 is 19.4. The Hall–Kier alpha value is -2.61. The van der Waals surface area contributed by atoms with Gasteiger partial charge >= 0.3 is 5.97 Å². The molecule has 2 heterocycles. The molecule has 2 bridgehead atoms. The second-order valence-corrected chi connectivity index (χ2v) is 12.8. The van der Waals surface area contributed by atoms with E-state index in [0.717, 1.165) is 50.6 Å². The van der Waals surface area contributed by atoms with Crippen LogP contribution in [0.1, 0.15) is 63.1 Å². The summed E-state index contributed by atoms with van der Waals surface area (Å²) in [6.07, 6.45) is 5.15. The zero-order valence-electron chi connectivity index (χ0n) is 23.7. The van der Waals surface area contributed by atoms with Gasteiger partial charge < -0.3 is 29.5 Å². The van der Waals surface area contributed by atoms with Crippen LogP contribution in [0.5, 0.6) is 11.5 Å². The Bertz CT molecular complexity index is 1230. The van der Waals surface area contributed by atoms with Crippen molar-refractivity contribution in [3.05, 3.63) is 59.2 Å². The van der Waals surface area contributed by atoms with Gasteiger partial charge in [0, 0.05) is 24.3 Å². The highest BCUT2D eigenvalue weighted by atomic mass is 16.6. The third-order valence-corrected chi connectivity index (χ3v) is 9.43. The van der Waals surface area contributed by atoms with E-state index >= 15 is 0 Å². The van der Waals surface area contributed by atoms with Crippen LogP contribution in [0.4, 0.5) is 0 Å². The fraction of sp³-hybridized carbons (Fsp3) is 0.594. The van der Waals surface area contributed by atoms with Crippen molar-refractivity contribution in [3.63, 3.8) is 0 Å². The van der Waals surface area contributed by atoms with Gasteiger partial charge in [-0.2, -0.15) is 0 Å². The van der Waals surface area contributed by atoms with E-state index in [2.05, 4.69) is 53.7 Å². The number of aryl methyl sites for hydroxylation is 1. The Labute approximate surface area is 231 Å². The number of benzene rings is 2. The van der Waals surface area contributed by atoms with Crippen molar-refractivity contribution in [2.45, 2.75) is 94.1 Å². The number of likely N-dealkylation sites (N-methyl/N-ethyl adjacent to an activating group) is 1. The van der Waals surface area contributed by atoms with Crippen LogP contribution >= 0.6 is 0 Å². The Kier molecular flexibility index (Phi) is 6.68. The van der Waals surface area contributed by atoms with Crippen LogP contribution in [0.15, 0.2) is 42.5 Å². The summed E-state index contributed by atoms with van der Waals surface area (Å²) in [5.74, 6) is 0.542. The van der Waals surface area contributed by atoms with Crippen LogP contribution < -0.4 is 10.1 Å². The number of esters is 1. The number of nitrogens with one attached hydrogen (secondary N) is 1. The predicted octanol–water partition coefficient (Wildman–Crippen LogP) is 4.13. The van der Waals surface area contributed by atoms with Crippen molar-refractivity contribution in [1.82, 2.24) is 10.2 Å². The molecule has 7 nitrogen and oxygen atoms in total. The maximum Gasteiger partial charge on any atom is 0.320 e. The Morgan fingerprint density at radius 3 is 2.74 bits per heavy atom. The largest absolute Gasteiger partial charge is 0.504 e. The molecule has 2 aromatic carbocycles. The third kappa shape index (κ3) is 4.34. The molecule has 0 radical (unpaired) electrons. The normalized spacial score (nSPS) is 30.9. The Morgan fingerprint density at radius 2 is 1.97 bits per heavy atom. The lowest BCUT2D eigenvalue weighted by atomic mass is 9.48. The third-order valence-electron chi connectivity index (χ3n) is 9.43. The standard InChI is InChI=1S/C32H42N2O5/c1-30(2,3)39-26(36)20-33-23-14-15-32(37-18-8-11-21-9-6-5-7-10-21)25-19-22-12-13-24(35)28-27(22)31(32,29(23)38-28)16-17-34(25)4/h5-7,9-10,12-13,23,25,29,33,35H,8,11,14-20H2,1-4H3/t23-,25+,29-,31-,32+/m0/s1. The quantitative estimate of drug-likeness (QED) is 0.389. The van der Waals surface area contributed by atoms with Crippen molar-refractivity contribution >= 4 is 5.97 Å². The number of carbonyl (C=O) groups excluding carboxylic acids is 1. The summed E-state index contributed by atoms with van der Waals surface area (Å²) in [5.41, 5.74) is 2.38. The Balaban J connectivity index is 1.32. The number of carbonyl (C=O) groups is 1. The van der Waals surface area contributed by atoms with Gasteiger partial charge in [-0.3, -0.25) is 4.79 Å². The topological polar surface area (TPSA) is 80.3 Å². The summed E-state index contributed by atoms with van der Waals surface area (Å²) in [5, 5.41) is 14.4. The van der Waals surface area contributed by atoms with E-state index in [1.807, 2.05) is 20.8 Å². The number of phenolic OH excluding ortho intramolecular Hbond substituents is 1. The average molecular weight is 535 g/mol. The lowest BCUT2D eigenvalue weighted by molar-refractivity contribution is -0.217. The van der Waals surface area contributed by atoms with Crippen LogP contribution in [-0.2, 0) is 32.5 Å². The van der Waals surface area contributed by atoms with E-state index in [1.165, 1.54) is 11.1 Å². The minimum Gasteiger partial charge on any atom is -0.504 e. The molecule has 2 fully saturated rings. The van der Waals surface area contributed by atoms with Gasteiger partial charge in [0.25, 0.3) is 0 Å². The van der Waals surface area contributed by atoms with Gasteiger partial charge in [-0.25, -0.2) is 0 Å². The molecular weight excluding hydrogens is 492 g/mol. The monoisotopic (exact) mass is 534 g/mol. The molecule has 39 heavy (non-hydrogen) atoms. The van der Waals surface area contributed by atoms with Crippen molar-refractivity contribution in [3.8, 4) is 11.5 Å². The number of piperidine rings is 1. The number of hydrogen-bond acceptors (Lipinski definition) is 7. The van der Waals surface area contributed by atoms with Gasteiger partial charge in [0.05, 0.1) is 17.6 Å². The molecule has 6 rings (SSSR count). The second-order valence-electron chi connectivity index (χ2n) is 12.8. The van der Waals surface area contributed by atoms with E-state index in [-0.39, 0.29) is 41.9 Å². The zero-order chi connectivity index (χ0) is 27.4. The molecule has 1 saturated heterocycles. The smallest absolute Gasteiger partial charge is 0.320 e. The summed E-state index contributed by atoms with van der Waals surface area (Å²) in [7, 11) is 2.22. The summed E-state index contributed by atoms with van der Waals surface area (Å²) in [6, 6.07) is 14.6. The van der Waals surface area contributed by atoms with Crippen LogP contribution in [-0.4, -0.2) is 72.1 Å². The molecule has 0 unspecified atom stereocenters. The van der Waals surface area contributed by atoms with Crippen LogP contribution in [0.3, 0.4) is 0 Å². The molecule has 7 heteroatoms. The first-order chi connectivity index (χ1) is 18.6. The fourth-order valence-electron chi connectivity index (χ4n) is 7.99. The highest BCUT2D eigenvalue weighted by Gasteiger charge is 2.73. The summed E-state index contributed by atoms with van der Waals surface area (Å²) in [6.45, 7) is 7.39. The molecule has 4 aliphatic rings. The molecule has 1 spiro atoms. The molecule has 0 aromatic heterocycles. The van der Waals surface area contributed by atoms with E-state index in [1.54, 1.807) is 6.07 Å². The van der Waals surface area contributed by atoms with Gasteiger partial charge in [-0.1, -0.05) is 36.4 Å². The van der Waals surface area contributed by atoms with Gasteiger partial charge in [-0.05, 0) is 90.1 Å². The predicted molar refractivity (Wildman–Crippen MR) is 149 cm³/mol. The minimum absolute atomic E-state index is 0.0552. The lowest BCUT2D eigenvalue weighted by Gasteiger charge is -2.65. The van der Waals surface area contributed by atoms with Gasteiger partial charge in [0.2, 0.25) is 0 Å². The minimum atomic E-state index is -0.530. The van der Waals surface area contributed by atoms with E-state index in [0.29, 0.717) is 12.4 Å². The molecule has 5 atom stereocenters. The number of phenols is 1. The molecule has 0 amide bonds. The van der Waals surface area contributed by atoms with Crippen molar-refractivity contribution < 1.29 is 24.1 Å². The number of nitrogens with zero attached hydrogens (tertiary/aromatic N) is 1. The summed E-state index contributed by atoms with van der Waals surface area (Å²) in [4.78, 5) is 15.1. The number of aromatic hydroxyl groups is 1. The first-order valence-corrected chi connectivity index (χ1v) is 14.5. The lowest BCUT2D eigenvalue weighted by Crippen LogP contribution is -2.78. The first kappa shape index (κ1) is 26.6. The van der Waals surface area contributed by atoms with Gasteiger partial charge in [0.1, 0.15) is 11.7 Å². The van der Waals surface area contributed by atoms with E-state index < -0.39 is 11.2 Å². The SMILES string of the molecule is CN1CC[C@]23c4c5ccc(O)c4O[C@H]2[C@@H](NCC(=O)OC(C)(C)C)CC[C@@]3(OCCCc2ccccc2)[C@H]1C5. The van der Waals surface area contributed by atoms with Crippen molar-refractivity contribution in [2.24, 2.45) is 0 Å². The molecule has 210 valence electrons. The molecule has 2 aliphatic heterocycles. The van der Waals surface area contributed by atoms with Crippen molar-refractivity contribution in [1.29, 1.82) is 0 Å². The molecule has 2 aromatic rings. The summed E-state index contributed by atoms with van der Waals surface area (Å²) >= 11 is 0. The molecule has 1 saturated carbocycles.